The average molecular weight is 438 g/mol. The molecule has 0 bridgehead atoms. The van der Waals surface area contributed by atoms with Gasteiger partial charge in [-0.05, 0) is 34.2 Å². The fraction of sp³-hybridized carbons (Fsp3) is 0.0357. The summed E-state index contributed by atoms with van der Waals surface area (Å²) in [5, 5.41) is 1.91. The maximum Gasteiger partial charge on any atom is 0.417 e. The lowest BCUT2D eigenvalue weighted by atomic mass is 9.88. The first-order chi connectivity index (χ1) is 16.0. The molecule has 0 aliphatic carbocycles. The Morgan fingerprint density at radius 3 is 1.82 bits per heavy atom. The maximum atomic E-state index is 13.6. The van der Waals surface area contributed by atoms with E-state index in [1.54, 1.807) is 4.40 Å². The van der Waals surface area contributed by atoms with Crippen LogP contribution in [-0.4, -0.2) is 9.38 Å². The van der Waals surface area contributed by atoms with E-state index < -0.39 is 11.7 Å². The number of hydrogen-bond acceptors (Lipinski definition) is 1. The lowest BCUT2D eigenvalue weighted by molar-refractivity contribution is -0.137. The van der Waals surface area contributed by atoms with Crippen LogP contribution in [0, 0.1) is 0 Å². The molecule has 160 valence electrons. The van der Waals surface area contributed by atoms with Gasteiger partial charge in [-0.2, -0.15) is 13.2 Å². The van der Waals surface area contributed by atoms with Crippen molar-refractivity contribution in [3.8, 4) is 22.3 Å². The largest absolute Gasteiger partial charge is 0.417 e. The molecule has 2 nitrogen and oxygen atoms in total. The molecule has 4 aromatic carbocycles. The highest BCUT2D eigenvalue weighted by Gasteiger charge is 2.31. The molecule has 0 saturated carbocycles. The summed E-state index contributed by atoms with van der Waals surface area (Å²) in [5.74, 6) is 0. The predicted molar refractivity (Wildman–Crippen MR) is 126 cm³/mol. The van der Waals surface area contributed by atoms with Crippen molar-refractivity contribution in [3.05, 3.63) is 109 Å². The van der Waals surface area contributed by atoms with Crippen molar-refractivity contribution < 1.29 is 13.2 Å². The molecule has 0 saturated heterocycles. The number of fused-ring (bicyclic) bond motifs is 5. The van der Waals surface area contributed by atoms with Gasteiger partial charge in [-0.3, -0.25) is 4.40 Å². The number of alkyl halides is 3. The highest BCUT2D eigenvalue weighted by molar-refractivity contribution is 6.20. The van der Waals surface area contributed by atoms with E-state index in [2.05, 4.69) is 6.07 Å². The number of rotatable bonds is 2. The van der Waals surface area contributed by atoms with Gasteiger partial charge in [-0.25, -0.2) is 4.98 Å². The van der Waals surface area contributed by atoms with Gasteiger partial charge in [0.05, 0.1) is 16.6 Å². The minimum Gasteiger partial charge on any atom is -0.298 e. The molecule has 0 amide bonds. The summed E-state index contributed by atoms with van der Waals surface area (Å²) >= 11 is 0. The van der Waals surface area contributed by atoms with Gasteiger partial charge in [0.2, 0.25) is 0 Å². The monoisotopic (exact) mass is 438 g/mol. The van der Waals surface area contributed by atoms with Crippen LogP contribution in [0.1, 0.15) is 5.56 Å². The molecule has 0 atom stereocenters. The van der Waals surface area contributed by atoms with E-state index in [9.17, 15) is 13.2 Å². The van der Waals surface area contributed by atoms with Crippen molar-refractivity contribution in [2.75, 3.05) is 0 Å². The number of nitrogens with zero attached hydrogens (tertiary/aromatic N) is 2. The summed E-state index contributed by atoms with van der Waals surface area (Å²) in [4.78, 5) is 4.78. The van der Waals surface area contributed by atoms with Crippen molar-refractivity contribution in [1.82, 2.24) is 9.38 Å². The van der Waals surface area contributed by atoms with E-state index in [-0.39, 0.29) is 0 Å². The zero-order chi connectivity index (χ0) is 22.6. The third kappa shape index (κ3) is 3.08. The summed E-state index contributed by atoms with van der Waals surface area (Å²) in [6.07, 6.45) is -3.29. The van der Waals surface area contributed by atoms with Gasteiger partial charge in [0.15, 0.2) is 0 Å². The average Bonchev–Trinajstić information content (AvgIpc) is 3.23. The van der Waals surface area contributed by atoms with Gasteiger partial charge < -0.3 is 0 Å². The minimum atomic E-state index is -4.45. The molecule has 6 aromatic rings. The van der Waals surface area contributed by atoms with Crippen molar-refractivity contribution in [2.45, 2.75) is 6.18 Å². The standard InChI is InChI=1S/C28H17F3N2/c29-28(30,31)20-15-16-23-32-26-22-14-8-7-13-21(22)24(18-9-3-1-4-10-18)25(27(26)33(23)17-20)19-11-5-2-6-12-19/h1-17H. The van der Waals surface area contributed by atoms with E-state index in [1.807, 2.05) is 78.9 Å². The number of pyridine rings is 1. The van der Waals surface area contributed by atoms with Gasteiger partial charge in [0.25, 0.3) is 0 Å². The molecule has 0 N–H and O–H groups in total. The van der Waals surface area contributed by atoms with Crippen LogP contribution in [0.5, 0.6) is 0 Å². The van der Waals surface area contributed by atoms with Crippen LogP contribution >= 0.6 is 0 Å². The highest BCUT2D eigenvalue weighted by Crippen LogP contribution is 2.44. The van der Waals surface area contributed by atoms with Crippen LogP contribution < -0.4 is 0 Å². The van der Waals surface area contributed by atoms with Crippen molar-refractivity contribution in [1.29, 1.82) is 0 Å². The number of imidazole rings is 1. The fourth-order valence-electron chi connectivity index (χ4n) is 4.59. The van der Waals surface area contributed by atoms with Gasteiger partial charge in [-0.1, -0.05) is 84.9 Å². The van der Waals surface area contributed by atoms with Crippen molar-refractivity contribution >= 4 is 27.5 Å². The first-order valence-electron chi connectivity index (χ1n) is 10.6. The van der Waals surface area contributed by atoms with Crippen LogP contribution in [-0.2, 0) is 6.18 Å². The molecule has 0 radical (unpaired) electrons. The summed E-state index contributed by atoms with van der Waals surface area (Å²) < 4.78 is 42.4. The third-order valence-electron chi connectivity index (χ3n) is 6.01. The second-order valence-corrected chi connectivity index (χ2v) is 7.98. The number of benzene rings is 4. The lowest BCUT2D eigenvalue weighted by Crippen LogP contribution is -2.06. The molecule has 5 heteroatoms. The lowest BCUT2D eigenvalue weighted by Gasteiger charge is -2.17. The quantitative estimate of drug-likeness (QED) is 0.268. The first-order valence-corrected chi connectivity index (χ1v) is 10.6. The molecule has 33 heavy (non-hydrogen) atoms. The van der Waals surface area contributed by atoms with Gasteiger partial charge in [-0.15, -0.1) is 0 Å². The second kappa shape index (κ2) is 7.20. The molecule has 0 aliphatic heterocycles. The molecule has 2 heterocycles. The smallest absolute Gasteiger partial charge is 0.298 e. The first kappa shape index (κ1) is 19.6. The van der Waals surface area contributed by atoms with E-state index in [0.29, 0.717) is 16.7 Å². The Morgan fingerprint density at radius 1 is 0.606 bits per heavy atom. The summed E-state index contributed by atoms with van der Waals surface area (Å²) in [6, 6.07) is 30.2. The molecular formula is C28H17F3N2. The molecule has 2 aromatic heterocycles. The Bertz CT molecular complexity index is 1630. The summed E-state index contributed by atoms with van der Waals surface area (Å²) in [6.45, 7) is 0. The Morgan fingerprint density at radius 2 is 1.18 bits per heavy atom. The van der Waals surface area contributed by atoms with Gasteiger partial charge in [0, 0.05) is 17.1 Å². The van der Waals surface area contributed by atoms with Crippen LogP contribution in [0.2, 0.25) is 0 Å². The van der Waals surface area contributed by atoms with Crippen LogP contribution in [0.4, 0.5) is 13.2 Å². The van der Waals surface area contributed by atoms with Crippen LogP contribution in [0.15, 0.2) is 103 Å². The fourth-order valence-corrected chi connectivity index (χ4v) is 4.59. The molecule has 0 spiro atoms. The van der Waals surface area contributed by atoms with E-state index >= 15 is 0 Å². The van der Waals surface area contributed by atoms with E-state index in [1.165, 1.54) is 6.07 Å². The Kier molecular flexibility index (Phi) is 4.27. The van der Waals surface area contributed by atoms with Crippen LogP contribution in [0.3, 0.4) is 0 Å². The summed E-state index contributed by atoms with van der Waals surface area (Å²) in [5.41, 5.74) is 4.88. The normalized spacial score (nSPS) is 12.1. The summed E-state index contributed by atoms with van der Waals surface area (Å²) in [7, 11) is 0. The molecule has 0 fully saturated rings. The number of halogens is 3. The second-order valence-electron chi connectivity index (χ2n) is 7.98. The van der Waals surface area contributed by atoms with E-state index in [0.717, 1.165) is 45.3 Å². The number of hydrogen-bond donors (Lipinski definition) is 0. The van der Waals surface area contributed by atoms with Crippen LogP contribution in [0.25, 0.3) is 49.7 Å². The SMILES string of the molecule is FC(F)(F)c1ccc2nc3c4ccccc4c(-c4ccccc4)c(-c4ccccc4)c3n2c1. The highest BCUT2D eigenvalue weighted by atomic mass is 19.4. The van der Waals surface area contributed by atoms with E-state index in [4.69, 9.17) is 4.98 Å². The topological polar surface area (TPSA) is 17.3 Å². The molecule has 0 aliphatic rings. The zero-order valence-electron chi connectivity index (χ0n) is 17.3. The Hall–Kier alpha value is -4.12. The molecule has 6 rings (SSSR count). The minimum absolute atomic E-state index is 0.477. The zero-order valence-corrected chi connectivity index (χ0v) is 17.3. The predicted octanol–water partition coefficient (Wildman–Crippen LogP) is 7.99. The number of aromatic nitrogens is 2. The van der Waals surface area contributed by atoms with Gasteiger partial charge in [0.1, 0.15) is 5.65 Å². The Balaban J connectivity index is 1.90. The Labute approximate surface area is 187 Å². The maximum absolute atomic E-state index is 13.6. The van der Waals surface area contributed by atoms with Gasteiger partial charge >= 0.3 is 6.18 Å². The third-order valence-corrected chi connectivity index (χ3v) is 6.01. The van der Waals surface area contributed by atoms with Crippen molar-refractivity contribution in [2.24, 2.45) is 0 Å². The van der Waals surface area contributed by atoms with Crippen molar-refractivity contribution in [3.63, 3.8) is 0 Å². The molecule has 0 unspecified atom stereocenters. The molecular weight excluding hydrogens is 421 g/mol.